The molecule has 0 aliphatic carbocycles. The first kappa shape index (κ1) is 16.6. The molecule has 0 spiro atoms. The van der Waals surface area contributed by atoms with Gasteiger partial charge in [-0.15, -0.1) is 0 Å². The molecule has 2 N–H and O–H groups in total. The van der Waals surface area contributed by atoms with Gasteiger partial charge in [0.15, 0.2) is 23.1 Å². The summed E-state index contributed by atoms with van der Waals surface area (Å²) in [5, 5.41) is 2.99. The number of aromatic amines is 1. The molecule has 0 fully saturated rings. The van der Waals surface area contributed by atoms with E-state index in [1.165, 1.54) is 6.20 Å². The number of ether oxygens (including phenoxy) is 1. The normalized spacial score (nSPS) is 16.5. The molecule has 8 nitrogen and oxygen atoms in total. The minimum Gasteiger partial charge on any atom is -0.488 e. The highest BCUT2D eigenvalue weighted by molar-refractivity contribution is 5.89. The fraction of sp³-hybridized carbons (Fsp3) is 0.222. The van der Waals surface area contributed by atoms with Crippen LogP contribution in [-0.2, 0) is 0 Å². The number of pyridine rings is 3. The highest BCUT2D eigenvalue weighted by Gasteiger charge is 2.23. The monoisotopic (exact) mass is 384 g/mol. The third kappa shape index (κ3) is 2.41. The van der Waals surface area contributed by atoms with E-state index in [9.17, 15) is 13.6 Å². The van der Waals surface area contributed by atoms with Gasteiger partial charge in [0.25, 0.3) is 0 Å². The number of hydrogen-bond donors (Lipinski definition) is 2. The number of hydrogen-bond acceptors (Lipinski definition) is 6. The summed E-state index contributed by atoms with van der Waals surface area (Å²) in [6, 6.07) is 2.73. The van der Waals surface area contributed by atoms with Crippen LogP contribution in [0.4, 0.5) is 14.5 Å². The van der Waals surface area contributed by atoms with Crippen LogP contribution in [0.15, 0.2) is 29.3 Å². The van der Waals surface area contributed by atoms with Crippen molar-refractivity contribution in [2.24, 2.45) is 0 Å². The third-order valence-corrected chi connectivity index (χ3v) is 4.66. The SMILES string of the molecule is CC1CCNc2c(F)cnc3cc(F)c(nc23)-n2c(=O)[nH]c3nccc(c32)O1. The zero-order valence-electron chi connectivity index (χ0n) is 14.7. The summed E-state index contributed by atoms with van der Waals surface area (Å²) in [7, 11) is 0. The highest BCUT2D eigenvalue weighted by Crippen LogP contribution is 2.30. The molecule has 0 radical (unpaired) electrons. The fourth-order valence-electron chi connectivity index (χ4n) is 3.36. The number of halogens is 2. The zero-order valence-corrected chi connectivity index (χ0v) is 14.7. The van der Waals surface area contributed by atoms with E-state index in [1.54, 1.807) is 6.07 Å². The molecular weight excluding hydrogens is 370 g/mol. The second-order valence-corrected chi connectivity index (χ2v) is 6.56. The molecule has 0 aromatic carbocycles. The van der Waals surface area contributed by atoms with Crippen LogP contribution < -0.4 is 15.7 Å². The van der Waals surface area contributed by atoms with Crippen LogP contribution in [0.1, 0.15) is 13.3 Å². The number of nitrogens with one attached hydrogen (secondary N) is 2. The van der Waals surface area contributed by atoms with E-state index < -0.39 is 17.3 Å². The van der Waals surface area contributed by atoms with Gasteiger partial charge in [0, 0.05) is 31.3 Å². The molecule has 1 aliphatic rings. The van der Waals surface area contributed by atoms with Gasteiger partial charge < -0.3 is 10.1 Å². The summed E-state index contributed by atoms with van der Waals surface area (Å²) in [6.45, 7) is 2.26. The van der Waals surface area contributed by atoms with Crippen molar-refractivity contribution in [1.82, 2.24) is 24.5 Å². The Morgan fingerprint density at radius 1 is 1.29 bits per heavy atom. The standard InChI is InChI=1S/C18H14F2N6O2/c1-8-2-4-21-13-10(20)7-23-11-6-9(19)17(24-14(11)13)26-15-12(28-8)3-5-22-16(15)25-18(26)27/h3,5-8,21H,2,4H2,1H3,(H,22,25,27). The van der Waals surface area contributed by atoms with E-state index in [0.717, 1.165) is 16.8 Å². The van der Waals surface area contributed by atoms with E-state index in [-0.39, 0.29) is 39.8 Å². The minimum atomic E-state index is -0.777. The van der Waals surface area contributed by atoms with Crippen molar-refractivity contribution >= 4 is 27.9 Å². The topological polar surface area (TPSA) is 97.7 Å². The molecule has 1 unspecified atom stereocenters. The van der Waals surface area contributed by atoms with Crippen LogP contribution in [-0.4, -0.2) is 37.2 Å². The third-order valence-electron chi connectivity index (χ3n) is 4.66. The Hall–Kier alpha value is -3.56. The van der Waals surface area contributed by atoms with Crippen LogP contribution >= 0.6 is 0 Å². The zero-order chi connectivity index (χ0) is 19.4. The largest absolute Gasteiger partial charge is 0.488 e. The predicted molar refractivity (Wildman–Crippen MR) is 97.9 cm³/mol. The van der Waals surface area contributed by atoms with Gasteiger partial charge in [-0.25, -0.2) is 28.1 Å². The van der Waals surface area contributed by atoms with Crippen LogP contribution in [0.5, 0.6) is 5.75 Å². The molecule has 10 heteroatoms. The summed E-state index contributed by atoms with van der Waals surface area (Å²) >= 11 is 0. The summed E-state index contributed by atoms with van der Waals surface area (Å²) in [4.78, 5) is 27.5. The molecule has 28 heavy (non-hydrogen) atoms. The average Bonchev–Trinajstić information content (AvgIpc) is 2.99. The van der Waals surface area contributed by atoms with Gasteiger partial charge in [-0.1, -0.05) is 0 Å². The number of H-pyrrole nitrogens is 1. The molecule has 0 amide bonds. The van der Waals surface area contributed by atoms with E-state index >= 15 is 0 Å². The number of fused-ring (bicyclic) bond motifs is 2. The van der Waals surface area contributed by atoms with Crippen LogP contribution in [0.3, 0.4) is 0 Å². The van der Waals surface area contributed by atoms with Crippen molar-refractivity contribution in [2.75, 3.05) is 11.9 Å². The number of nitrogens with zero attached hydrogens (tertiary/aromatic N) is 4. The van der Waals surface area contributed by atoms with Crippen LogP contribution in [0, 0.1) is 11.6 Å². The first-order valence-electron chi connectivity index (χ1n) is 8.68. The lowest BCUT2D eigenvalue weighted by atomic mass is 10.2. The maximum Gasteiger partial charge on any atom is 0.333 e. The van der Waals surface area contributed by atoms with Crippen molar-refractivity contribution in [3.63, 3.8) is 0 Å². The van der Waals surface area contributed by atoms with Gasteiger partial charge in [-0.2, -0.15) is 0 Å². The van der Waals surface area contributed by atoms with Crippen molar-refractivity contribution in [1.29, 1.82) is 0 Å². The summed E-state index contributed by atoms with van der Waals surface area (Å²) < 4.78 is 36.3. The molecule has 2 bridgehead atoms. The first-order valence-corrected chi connectivity index (χ1v) is 8.68. The quantitative estimate of drug-likeness (QED) is 0.484. The first-order chi connectivity index (χ1) is 13.5. The minimum absolute atomic E-state index is 0.102. The fourth-order valence-corrected chi connectivity index (χ4v) is 3.36. The molecule has 142 valence electrons. The van der Waals surface area contributed by atoms with Crippen molar-refractivity contribution in [3.8, 4) is 11.6 Å². The van der Waals surface area contributed by atoms with Crippen LogP contribution in [0.25, 0.3) is 28.0 Å². The molecule has 0 saturated carbocycles. The van der Waals surface area contributed by atoms with Crippen molar-refractivity contribution < 1.29 is 13.5 Å². The Bertz CT molecular complexity index is 1300. The Kier molecular flexibility index (Phi) is 3.54. The van der Waals surface area contributed by atoms with Gasteiger partial charge >= 0.3 is 5.69 Å². The Balaban J connectivity index is 1.93. The lowest BCUT2D eigenvalue weighted by molar-refractivity contribution is 0.217. The van der Waals surface area contributed by atoms with Gasteiger partial charge in [0.05, 0.1) is 17.8 Å². The molecule has 0 saturated heterocycles. The summed E-state index contributed by atoms with van der Waals surface area (Å²) in [5.74, 6) is -1.31. The second-order valence-electron chi connectivity index (χ2n) is 6.56. The maximum atomic E-state index is 14.9. The van der Waals surface area contributed by atoms with Gasteiger partial charge in [-0.05, 0) is 6.92 Å². The van der Waals surface area contributed by atoms with Gasteiger partial charge in [-0.3, -0.25) is 9.97 Å². The average molecular weight is 384 g/mol. The predicted octanol–water partition coefficient (Wildman–Crippen LogP) is 2.52. The smallest absolute Gasteiger partial charge is 0.333 e. The van der Waals surface area contributed by atoms with Crippen LogP contribution in [0.2, 0.25) is 0 Å². The summed E-state index contributed by atoms with van der Waals surface area (Å²) in [6.07, 6.45) is 2.80. The van der Waals surface area contributed by atoms with E-state index in [4.69, 9.17) is 4.74 Å². The van der Waals surface area contributed by atoms with E-state index in [1.807, 2.05) is 6.92 Å². The number of aromatic nitrogens is 5. The van der Waals surface area contributed by atoms with Gasteiger partial charge in [0.1, 0.15) is 22.5 Å². The van der Waals surface area contributed by atoms with E-state index in [0.29, 0.717) is 18.7 Å². The Morgan fingerprint density at radius 2 is 2.14 bits per heavy atom. The molecule has 4 aromatic heterocycles. The summed E-state index contributed by atoms with van der Waals surface area (Å²) in [5.41, 5.74) is 0.293. The molecule has 1 atom stereocenters. The lowest BCUT2D eigenvalue weighted by Crippen LogP contribution is -2.21. The molecule has 5 rings (SSSR count). The van der Waals surface area contributed by atoms with Gasteiger partial charge in [0.2, 0.25) is 0 Å². The lowest BCUT2D eigenvalue weighted by Gasteiger charge is -2.18. The molecule has 1 aliphatic heterocycles. The Morgan fingerprint density at radius 3 is 3.00 bits per heavy atom. The Labute approximate surface area is 156 Å². The maximum absolute atomic E-state index is 14.9. The van der Waals surface area contributed by atoms with Crippen molar-refractivity contribution in [3.05, 3.63) is 46.6 Å². The van der Waals surface area contributed by atoms with E-state index in [2.05, 4.69) is 25.3 Å². The number of anilines is 1. The number of imidazole rings is 1. The second kappa shape index (κ2) is 5.98. The van der Waals surface area contributed by atoms with Crippen molar-refractivity contribution in [2.45, 2.75) is 19.4 Å². The molecule has 4 aromatic rings. The molecular formula is C18H14F2N6O2. The molecule has 5 heterocycles. The number of rotatable bonds is 0. The highest BCUT2D eigenvalue weighted by atomic mass is 19.1.